The second-order valence-corrected chi connectivity index (χ2v) is 8.23. The summed E-state index contributed by atoms with van der Waals surface area (Å²) in [5, 5.41) is 3.00. The van der Waals surface area contributed by atoms with E-state index in [1.807, 2.05) is 73.3 Å². The van der Waals surface area contributed by atoms with E-state index < -0.39 is 0 Å². The van der Waals surface area contributed by atoms with E-state index >= 15 is 0 Å². The van der Waals surface area contributed by atoms with Crippen LogP contribution in [0.4, 0.5) is 0 Å². The molecular formula is C25H32N2O3. The van der Waals surface area contributed by atoms with Gasteiger partial charge >= 0.3 is 0 Å². The van der Waals surface area contributed by atoms with E-state index in [0.717, 1.165) is 49.2 Å². The Morgan fingerprint density at radius 1 is 1.03 bits per heavy atom. The van der Waals surface area contributed by atoms with Crippen molar-refractivity contribution in [3.63, 3.8) is 0 Å². The van der Waals surface area contributed by atoms with Gasteiger partial charge in [0.05, 0.1) is 6.10 Å². The molecule has 0 radical (unpaired) electrons. The molecule has 2 aromatic carbocycles. The van der Waals surface area contributed by atoms with Crippen molar-refractivity contribution in [1.29, 1.82) is 0 Å². The van der Waals surface area contributed by atoms with Crippen LogP contribution in [0, 0.1) is 5.92 Å². The zero-order chi connectivity index (χ0) is 21.3. The number of ether oxygens (including phenoxy) is 1. The van der Waals surface area contributed by atoms with Crippen LogP contribution in [-0.2, 0) is 11.3 Å². The summed E-state index contributed by atoms with van der Waals surface area (Å²) in [4.78, 5) is 26.7. The van der Waals surface area contributed by atoms with E-state index in [1.165, 1.54) is 0 Å². The molecule has 1 N–H and O–H groups in total. The van der Waals surface area contributed by atoms with Gasteiger partial charge in [0.2, 0.25) is 5.91 Å². The Bertz CT molecular complexity index is 810. The molecule has 1 aliphatic heterocycles. The molecule has 1 saturated heterocycles. The third kappa shape index (κ3) is 6.61. The van der Waals surface area contributed by atoms with Crippen LogP contribution in [0.1, 0.15) is 55.5 Å². The molecule has 5 heteroatoms. The predicted molar refractivity (Wildman–Crippen MR) is 118 cm³/mol. The summed E-state index contributed by atoms with van der Waals surface area (Å²) < 4.78 is 5.64. The minimum Gasteiger partial charge on any atom is -0.491 e. The zero-order valence-corrected chi connectivity index (χ0v) is 18.0. The highest BCUT2D eigenvalue weighted by Crippen LogP contribution is 2.23. The Morgan fingerprint density at radius 2 is 1.70 bits per heavy atom. The van der Waals surface area contributed by atoms with E-state index in [2.05, 4.69) is 5.32 Å². The van der Waals surface area contributed by atoms with Gasteiger partial charge in [-0.05, 0) is 68.9 Å². The average Bonchev–Trinajstić information content (AvgIpc) is 2.77. The van der Waals surface area contributed by atoms with E-state index in [1.54, 1.807) is 0 Å². The quantitative estimate of drug-likeness (QED) is 0.703. The molecule has 3 rings (SSSR count). The zero-order valence-electron chi connectivity index (χ0n) is 18.0. The molecular weight excluding hydrogens is 376 g/mol. The van der Waals surface area contributed by atoms with Gasteiger partial charge in [-0.1, -0.05) is 30.3 Å². The van der Waals surface area contributed by atoms with Crippen LogP contribution in [0.15, 0.2) is 54.6 Å². The fraction of sp³-hybridized carbons (Fsp3) is 0.440. The number of carbonyl (C=O) groups is 2. The molecule has 0 atom stereocenters. The smallest absolute Gasteiger partial charge is 0.253 e. The fourth-order valence-electron chi connectivity index (χ4n) is 3.77. The lowest BCUT2D eigenvalue weighted by atomic mass is 9.91. The van der Waals surface area contributed by atoms with Crippen LogP contribution in [0.25, 0.3) is 0 Å². The van der Waals surface area contributed by atoms with E-state index in [0.29, 0.717) is 18.9 Å². The summed E-state index contributed by atoms with van der Waals surface area (Å²) >= 11 is 0. The van der Waals surface area contributed by atoms with Crippen LogP contribution < -0.4 is 10.1 Å². The minimum absolute atomic E-state index is 0.0836. The van der Waals surface area contributed by atoms with Crippen molar-refractivity contribution >= 4 is 11.8 Å². The van der Waals surface area contributed by atoms with Crippen molar-refractivity contribution in [3.8, 4) is 5.75 Å². The van der Waals surface area contributed by atoms with Gasteiger partial charge in [0.15, 0.2) is 0 Å². The molecule has 1 fully saturated rings. The number of carbonyl (C=O) groups excluding carboxylic acids is 2. The Morgan fingerprint density at radius 3 is 2.33 bits per heavy atom. The van der Waals surface area contributed by atoms with Gasteiger partial charge in [-0.2, -0.15) is 0 Å². The van der Waals surface area contributed by atoms with Crippen LogP contribution in [0.2, 0.25) is 0 Å². The number of piperidine rings is 1. The number of amides is 2. The number of rotatable bonds is 8. The second-order valence-electron chi connectivity index (χ2n) is 8.23. The molecule has 0 saturated carbocycles. The van der Waals surface area contributed by atoms with Crippen molar-refractivity contribution in [2.75, 3.05) is 13.1 Å². The largest absolute Gasteiger partial charge is 0.491 e. The average molecular weight is 409 g/mol. The predicted octanol–water partition coefficient (Wildman–Crippen LogP) is 4.42. The van der Waals surface area contributed by atoms with E-state index in [9.17, 15) is 9.59 Å². The summed E-state index contributed by atoms with van der Waals surface area (Å²) in [5.41, 5.74) is 1.81. The van der Waals surface area contributed by atoms with Gasteiger partial charge in [0, 0.05) is 31.6 Å². The summed E-state index contributed by atoms with van der Waals surface area (Å²) in [7, 11) is 0. The lowest BCUT2D eigenvalue weighted by Gasteiger charge is -2.32. The van der Waals surface area contributed by atoms with Crippen LogP contribution >= 0.6 is 0 Å². The molecule has 30 heavy (non-hydrogen) atoms. The first-order valence-corrected chi connectivity index (χ1v) is 10.9. The molecule has 0 spiro atoms. The molecule has 160 valence electrons. The number of benzene rings is 2. The summed E-state index contributed by atoms with van der Waals surface area (Å²) in [5.74, 6) is 1.54. The Balaban J connectivity index is 1.34. The van der Waals surface area contributed by atoms with E-state index in [-0.39, 0.29) is 17.9 Å². The third-order valence-corrected chi connectivity index (χ3v) is 5.49. The fourth-order valence-corrected chi connectivity index (χ4v) is 3.77. The Kier molecular flexibility index (Phi) is 7.89. The molecule has 0 aliphatic carbocycles. The van der Waals surface area contributed by atoms with Crippen LogP contribution in [0.5, 0.6) is 5.75 Å². The van der Waals surface area contributed by atoms with Gasteiger partial charge in [-0.3, -0.25) is 9.59 Å². The van der Waals surface area contributed by atoms with Gasteiger partial charge in [-0.15, -0.1) is 0 Å². The molecule has 2 aromatic rings. The maximum Gasteiger partial charge on any atom is 0.253 e. The number of nitrogens with one attached hydrogen (secondary N) is 1. The molecule has 5 nitrogen and oxygen atoms in total. The van der Waals surface area contributed by atoms with Crippen molar-refractivity contribution in [3.05, 3.63) is 65.7 Å². The molecule has 1 aliphatic rings. The minimum atomic E-state index is 0.0836. The Labute approximate surface area is 179 Å². The normalized spacial score (nSPS) is 14.6. The highest BCUT2D eigenvalue weighted by Gasteiger charge is 2.23. The van der Waals surface area contributed by atoms with Crippen molar-refractivity contribution in [2.45, 2.75) is 52.2 Å². The van der Waals surface area contributed by atoms with Crippen molar-refractivity contribution < 1.29 is 14.3 Å². The summed E-state index contributed by atoms with van der Waals surface area (Å²) in [6.45, 7) is 6.07. The number of hydrogen-bond donors (Lipinski definition) is 1. The number of nitrogens with zero attached hydrogens (tertiary/aromatic N) is 1. The van der Waals surface area contributed by atoms with Gasteiger partial charge in [-0.25, -0.2) is 0 Å². The highest BCUT2D eigenvalue weighted by molar-refractivity contribution is 5.94. The maximum atomic E-state index is 12.5. The number of hydrogen-bond acceptors (Lipinski definition) is 3. The maximum absolute atomic E-state index is 12.5. The van der Waals surface area contributed by atoms with Crippen LogP contribution in [0.3, 0.4) is 0 Å². The Hall–Kier alpha value is -2.82. The molecule has 2 amide bonds. The lowest BCUT2D eigenvalue weighted by molar-refractivity contribution is -0.121. The SMILES string of the molecule is CC(C)Oc1ccc(CNC(=O)CCC2CCN(C(=O)c3ccccc3)CC2)cc1. The summed E-state index contributed by atoms with van der Waals surface area (Å²) in [6.07, 6.45) is 3.48. The first-order valence-electron chi connectivity index (χ1n) is 10.9. The molecule has 1 heterocycles. The third-order valence-electron chi connectivity index (χ3n) is 5.49. The van der Waals surface area contributed by atoms with Crippen molar-refractivity contribution in [2.24, 2.45) is 5.92 Å². The monoisotopic (exact) mass is 408 g/mol. The highest BCUT2D eigenvalue weighted by atomic mass is 16.5. The first kappa shape index (κ1) is 21.9. The van der Waals surface area contributed by atoms with E-state index in [4.69, 9.17) is 4.74 Å². The van der Waals surface area contributed by atoms with Crippen LogP contribution in [-0.4, -0.2) is 35.9 Å². The number of likely N-dealkylation sites (tertiary alicyclic amines) is 1. The molecule has 0 bridgehead atoms. The second kappa shape index (κ2) is 10.8. The lowest BCUT2D eigenvalue weighted by Crippen LogP contribution is -2.38. The summed E-state index contributed by atoms with van der Waals surface area (Å²) in [6, 6.07) is 17.3. The topological polar surface area (TPSA) is 58.6 Å². The van der Waals surface area contributed by atoms with Crippen molar-refractivity contribution in [1.82, 2.24) is 10.2 Å². The van der Waals surface area contributed by atoms with Gasteiger partial charge < -0.3 is 15.0 Å². The van der Waals surface area contributed by atoms with Gasteiger partial charge in [0.25, 0.3) is 5.91 Å². The van der Waals surface area contributed by atoms with Gasteiger partial charge in [0.1, 0.15) is 5.75 Å². The molecule has 0 aromatic heterocycles. The standard InChI is InChI=1S/C25H32N2O3/c1-19(2)30-23-11-8-21(9-12-23)18-26-24(28)13-10-20-14-16-27(17-15-20)25(29)22-6-4-3-5-7-22/h3-9,11-12,19-20H,10,13-18H2,1-2H3,(H,26,28). The molecule has 0 unspecified atom stereocenters. The first-order chi connectivity index (χ1) is 14.5.